The van der Waals surface area contributed by atoms with Crippen LogP contribution in [-0.4, -0.2) is 12.2 Å². The molecule has 0 radical (unpaired) electrons. The van der Waals surface area contributed by atoms with E-state index in [1.807, 2.05) is 0 Å². The molecule has 1 saturated carbocycles. The standard InChI is InChI=1S/C12H24O/c1-5-11-7-10(3)8-12(4,9-11)13-6-2/h10-11H,5-9H2,1-4H3. The summed E-state index contributed by atoms with van der Waals surface area (Å²) in [5, 5.41) is 0. The zero-order valence-electron chi connectivity index (χ0n) is 9.60. The van der Waals surface area contributed by atoms with Gasteiger partial charge in [-0.3, -0.25) is 0 Å². The second-order valence-electron chi connectivity index (χ2n) is 4.91. The first-order valence-electron chi connectivity index (χ1n) is 5.73. The van der Waals surface area contributed by atoms with Gasteiger partial charge in [-0.25, -0.2) is 0 Å². The van der Waals surface area contributed by atoms with Crippen LogP contribution in [0.3, 0.4) is 0 Å². The maximum absolute atomic E-state index is 5.87. The molecule has 0 aromatic heterocycles. The molecule has 0 aliphatic heterocycles. The summed E-state index contributed by atoms with van der Waals surface area (Å²) in [5.41, 5.74) is 0.174. The highest BCUT2D eigenvalue weighted by Crippen LogP contribution is 2.39. The lowest BCUT2D eigenvalue weighted by Gasteiger charge is -2.41. The van der Waals surface area contributed by atoms with Gasteiger partial charge < -0.3 is 4.74 Å². The van der Waals surface area contributed by atoms with E-state index in [1.165, 1.54) is 25.7 Å². The minimum absolute atomic E-state index is 0.174. The third-order valence-electron chi connectivity index (χ3n) is 3.31. The molecule has 0 bridgehead atoms. The Morgan fingerprint density at radius 3 is 2.54 bits per heavy atom. The van der Waals surface area contributed by atoms with Crippen LogP contribution < -0.4 is 0 Å². The van der Waals surface area contributed by atoms with Crippen LogP contribution in [0.4, 0.5) is 0 Å². The van der Waals surface area contributed by atoms with Gasteiger partial charge in [0, 0.05) is 6.61 Å². The molecule has 1 aliphatic rings. The Hall–Kier alpha value is -0.0400. The molecule has 0 spiro atoms. The van der Waals surface area contributed by atoms with Crippen LogP contribution in [-0.2, 0) is 4.74 Å². The third kappa shape index (κ3) is 2.98. The van der Waals surface area contributed by atoms with Crippen LogP contribution in [0, 0.1) is 11.8 Å². The Labute approximate surface area is 82.9 Å². The Morgan fingerprint density at radius 1 is 1.31 bits per heavy atom. The molecule has 1 aliphatic carbocycles. The van der Waals surface area contributed by atoms with Crippen molar-refractivity contribution >= 4 is 0 Å². The number of hydrogen-bond acceptors (Lipinski definition) is 1. The van der Waals surface area contributed by atoms with Crippen LogP contribution >= 0.6 is 0 Å². The number of rotatable bonds is 3. The van der Waals surface area contributed by atoms with E-state index in [-0.39, 0.29) is 5.60 Å². The zero-order valence-corrected chi connectivity index (χ0v) is 9.60. The van der Waals surface area contributed by atoms with E-state index >= 15 is 0 Å². The van der Waals surface area contributed by atoms with Crippen molar-refractivity contribution in [2.45, 2.75) is 59.0 Å². The molecular weight excluding hydrogens is 160 g/mol. The first kappa shape index (κ1) is 11.0. The van der Waals surface area contributed by atoms with E-state index in [0.29, 0.717) is 0 Å². The lowest BCUT2D eigenvalue weighted by Crippen LogP contribution is -2.38. The Morgan fingerprint density at radius 2 is 2.00 bits per heavy atom. The summed E-state index contributed by atoms with van der Waals surface area (Å²) >= 11 is 0. The highest BCUT2D eigenvalue weighted by Gasteiger charge is 2.35. The molecule has 13 heavy (non-hydrogen) atoms. The van der Waals surface area contributed by atoms with Gasteiger partial charge in [0.1, 0.15) is 0 Å². The summed E-state index contributed by atoms with van der Waals surface area (Å²) in [5.74, 6) is 1.73. The summed E-state index contributed by atoms with van der Waals surface area (Å²) < 4.78 is 5.87. The van der Waals surface area contributed by atoms with Crippen molar-refractivity contribution < 1.29 is 4.74 Å². The van der Waals surface area contributed by atoms with Crippen molar-refractivity contribution in [1.29, 1.82) is 0 Å². The van der Waals surface area contributed by atoms with E-state index in [1.54, 1.807) is 0 Å². The van der Waals surface area contributed by atoms with Crippen LogP contribution in [0.15, 0.2) is 0 Å². The van der Waals surface area contributed by atoms with Crippen molar-refractivity contribution in [2.24, 2.45) is 11.8 Å². The fourth-order valence-corrected chi connectivity index (χ4v) is 2.94. The molecule has 0 heterocycles. The van der Waals surface area contributed by atoms with Gasteiger partial charge in [-0.2, -0.15) is 0 Å². The average molecular weight is 184 g/mol. The molecular formula is C12H24O. The monoisotopic (exact) mass is 184 g/mol. The van der Waals surface area contributed by atoms with Gasteiger partial charge >= 0.3 is 0 Å². The van der Waals surface area contributed by atoms with Gasteiger partial charge in [-0.1, -0.05) is 20.3 Å². The van der Waals surface area contributed by atoms with Crippen molar-refractivity contribution in [1.82, 2.24) is 0 Å². The van der Waals surface area contributed by atoms with Gasteiger partial charge in [0.15, 0.2) is 0 Å². The SMILES string of the molecule is CCOC1(C)CC(C)CC(CC)C1. The Bertz CT molecular complexity index is 155. The second-order valence-corrected chi connectivity index (χ2v) is 4.91. The lowest BCUT2D eigenvalue weighted by atomic mass is 9.73. The molecule has 3 unspecified atom stereocenters. The average Bonchev–Trinajstić information content (AvgIpc) is 2.02. The molecule has 0 aromatic carbocycles. The molecule has 0 amide bonds. The molecule has 0 saturated heterocycles. The van der Waals surface area contributed by atoms with Gasteiger partial charge in [-0.05, 0) is 44.9 Å². The number of hydrogen-bond donors (Lipinski definition) is 0. The van der Waals surface area contributed by atoms with E-state index in [2.05, 4.69) is 27.7 Å². The van der Waals surface area contributed by atoms with E-state index in [0.717, 1.165) is 18.4 Å². The fraction of sp³-hybridized carbons (Fsp3) is 1.00. The molecule has 1 heteroatoms. The molecule has 0 N–H and O–H groups in total. The molecule has 1 nitrogen and oxygen atoms in total. The quantitative estimate of drug-likeness (QED) is 0.651. The van der Waals surface area contributed by atoms with Crippen LogP contribution in [0.5, 0.6) is 0 Å². The highest BCUT2D eigenvalue weighted by atomic mass is 16.5. The second kappa shape index (κ2) is 4.45. The topological polar surface area (TPSA) is 9.23 Å². The minimum atomic E-state index is 0.174. The van der Waals surface area contributed by atoms with Gasteiger partial charge in [0.2, 0.25) is 0 Å². The molecule has 1 fully saturated rings. The fourth-order valence-electron chi connectivity index (χ4n) is 2.94. The van der Waals surface area contributed by atoms with Crippen molar-refractivity contribution in [3.8, 4) is 0 Å². The predicted octanol–water partition coefficient (Wildman–Crippen LogP) is 3.63. The van der Waals surface area contributed by atoms with Crippen LogP contribution in [0.25, 0.3) is 0 Å². The first-order chi connectivity index (χ1) is 6.09. The maximum atomic E-state index is 5.87. The lowest BCUT2D eigenvalue weighted by molar-refractivity contribution is -0.0775. The molecule has 3 atom stereocenters. The summed E-state index contributed by atoms with van der Waals surface area (Å²) in [6.07, 6.45) is 5.23. The summed E-state index contributed by atoms with van der Waals surface area (Å²) in [6, 6.07) is 0. The highest BCUT2D eigenvalue weighted by molar-refractivity contribution is 4.86. The van der Waals surface area contributed by atoms with Crippen LogP contribution in [0.1, 0.15) is 53.4 Å². The van der Waals surface area contributed by atoms with Crippen molar-refractivity contribution in [3.05, 3.63) is 0 Å². The van der Waals surface area contributed by atoms with Crippen molar-refractivity contribution in [2.75, 3.05) is 6.61 Å². The largest absolute Gasteiger partial charge is 0.376 e. The van der Waals surface area contributed by atoms with Gasteiger partial charge in [0.25, 0.3) is 0 Å². The smallest absolute Gasteiger partial charge is 0.0659 e. The molecule has 1 rings (SSSR count). The van der Waals surface area contributed by atoms with Gasteiger partial charge in [-0.15, -0.1) is 0 Å². The van der Waals surface area contributed by atoms with E-state index < -0.39 is 0 Å². The third-order valence-corrected chi connectivity index (χ3v) is 3.31. The maximum Gasteiger partial charge on any atom is 0.0659 e. The summed E-state index contributed by atoms with van der Waals surface area (Å²) in [7, 11) is 0. The van der Waals surface area contributed by atoms with Crippen molar-refractivity contribution in [3.63, 3.8) is 0 Å². The Kier molecular flexibility index (Phi) is 3.78. The normalized spacial score (nSPS) is 40.6. The minimum Gasteiger partial charge on any atom is -0.376 e. The van der Waals surface area contributed by atoms with Gasteiger partial charge in [0.05, 0.1) is 5.60 Å². The van der Waals surface area contributed by atoms with E-state index in [9.17, 15) is 0 Å². The van der Waals surface area contributed by atoms with E-state index in [4.69, 9.17) is 4.74 Å². The first-order valence-corrected chi connectivity index (χ1v) is 5.73. The summed E-state index contributed by atoms with van der Waals surface area (Å²) in [4.78, 5) is 0. The predicted molar refractivity (Wildman–Crippen MR) is 56.8 cm³/mol. The molecule has 0 aromatic rings. The number of ether oxygens (including phenoxy) is 1. The Balaban J connectivity index is 2.54. The molecule has 78 valence electrons. The summed E-state index contributed by atoms with van der Waals surface area (Å²) in [6.45, 7) is 9.91. The zero-order chi connectivity index (χ0) is 9.90. The van der Waals surface area contributed by atoms with Crippen LogP contribution in [0.2, 0.25) is 0 Å².